The van der Waals surface area contributed by atoms with Crippen molar-refractivity contribution in [1.82, 2.24) is 4.90 Å². The van der Waals surface area contributed by atoms with Crippen LogP contribution in [0.1, 0.15) is 33.6 Å². The van der Waals surface area contributed by atoms with Gasteiger partial charge in [-0.05, 0) is 32.2 Å². The molecule has 1 fully saturated rings. The number of piperidine rings is 1. The predicted molar refractivity (Wildman–Crippen MR) is 60.6 cm³/mol. The molecule has 0 aromatic heterocycles. The van der Waals surface area contributed by atoms with Crippen molar-refractivity contribution in [2.24, 2.45) is 11.8 Å². The van der Waals surface area contributed by atoms with Crippen LogP contribution in [0.5, 0.6) is 0 Å². The average molecular weight is 213 g/mol. The molecule has 1 saturated heterocycles. The number of likely N-dealkylation sites (tertiary alicyclic amines) is 1. The molecule has 0 aromatic rings. The van der Waals surface area contributed by atoms with Crippen molar-refractivity contribution in [2.75, 3.05) is 20.2 Å². The minimum absolute atomic E-state index is 0.0113. The van der Waals surface area contributed by atoms with Crippen molar-refractivity contribution < 1.29 is 9.53 Å². The molecular weight excluding hydrogens is 190 g/mol. The molecule has 1 rings (SSSR count). The van der Waals surface area contributed by atoms with E-state index in [1.807, 2.05) is 6.92 Å². The summed E-state index contributed by atoms with van der Waals surface area (Å²) in [7, 11) is 1.46. The van der Waals surface area contributed by atoms with Crippen LogP contribution in [0, 0.1) is 11.8 Å². The van der Waals surface area contributed by atoms with Crippen LogP contribution in [0.3, 0.4) is 0 Å². The lowest BCUT2D eigenvalue weighted by molar-refractivity contribution is -0.145. The van der Waals surface area contributed by atoms with E-state index in [4.69, 9.17) is 4.74 Å². The molecule has 0 N–H and O–H groups in total. The smallest absolute Gasteiger partial charge is 0.309 e. The predicted octanol–water partition coefficient (Wildman–Crippen LogP) is 1.92. The van der Waals surface area contributed by atoms with E-state index < -0.39 is 0 Å². The van der Waals surface area contributed by atoms with Gasteiger partial charge in [0.25, 0.3) is 0 Å². The Labute approximate surface area is 92.8 Å². The Morgan fingerprint density at radius 3 is 2.80 bits per heavy atom. The van der Waals surface area contributed by atoms with Gasteiger partial charge in [-0.2, -0.15) is 0 Å². The first kappa shape index (κ1) is 12.5. The molecule has 0 radical (unpaired) electrons. The van der Waals surface area contributed by atoms with Crippen LogP contribution in [-0.4, -0.2) is 37.1 Å². The number of hydrogen-bond acceptors (Lipinski definition) is 3. The SMILES string of the molecule is COC(=O)C(C)CN1CCCC(C)C1C. The highest BCUT2D eigenvalue weighted by molar-refractivity contribution is 5.72. The third-order valence-corrected chi connectivity index (χ3v) is 3.62. The Bertz CT molecular complexity index is 218. The van der Waals surface area contributed by atoms with Crippen LogP contribution in [0.4, 0.5) is 0 Å². The lowest BCUT2D eigenvalue weighted by Gasteiger charge is -2.38. The van der Waals surface area contributed by atoms with E-state index in [0.29, 0.717) is 6.04 Å². The quantitative estimate of drug-likeness (QED) is 0.671. The topological polar surface area (TPSA) is 29.5 Å². The molecule has 1 aliphatic heterocycles. The van der Waals surface area contributed by atoms with Gasteiger partial charge in [-0.15, -0.1) is 0 Å². The normalized spacial score (nSPS) is 29.9. The first-order valence-corrected chi connectivity index (χ1v) is 5.88. The maximum atomic E-state index is 11.3. The van der Waals surface area contributed by atoms with E-state index in [9.17, 15) is 4.79 Å². The zero-order valence-corrected chi connectivity index (χ0v) is 10.3. The van der Waals surface area contributed by atoms with E-state index in [1.165, 1.54) is 20.0 Å². The maximum absolute atomic E-state index is 11.3. The number of methoxy groups -OCH3 is 1. The Morgan fingerprint density at radius 2 is 2.20 bits per heavy atom. The summed E-state index contributed by atoms with van der Waals surface area (Å²) in [6, 6.07) is 0.589. The summed E-state index contributed by atoms with van der Waals surface area (Å²) >= 11 is 0. The zero-order chi connectivity index (χ0) is 11.4. The number of nitrogens with zero attached hydrogens (tertiary/aromatic N) is 1. The Kier molecular flexibility index (Phi) is 4.58. The van der Waals surface area contributed by atoms with Crippen molar-refractivity contribution in [1.29, 1.82) is 0 Å². The van der Waals surface area contributed by atoms with Gasteiger partial charge in [0.05, 0.1) is 13.0 Å². The summed E-state index contributed by atoms with van der Waals surface area (Å²) in [5.41, 5.74) is 0. The van der Waals surface area contributed by atoms with E-state index in [1.54, 1.807) is 0 Å². The average Bonchev–Trinajstić information content (AvgIpc) is 2.23. The number of ether oxygens (including phenoxy) is 1. The molecule has 3 nitrogen and oxygen atoms in total. The number of carbonyl (C=O) groups is 1. The minimum atomic E-state index is -0.0968. The molecule has 3 atom stereocenters. The van der Waals surface area contributed by atoms with Crippen LogP contribution in [-0.2, 0) is 9.53 Å². The van der Waals surface area contributed by atoms with Crippen LogP contribution in [0.2, 0.25) is 0 Å². The van der Waals surface area contributed by atoms with Crippen LogP contribution in [0.15, 0.2) is 0 Å². The summed E-state index contributed by atoms with van der Waals surface area (Å²) < 4.78 is 4.75. The zero-order valence-electron chi connectivity index (χ0n) is 10.3. The van der Waals surface area contributed by atoms with Gasteiger partial charge in [0.2, 0.25) is 0 Å². The lowest BCUT2D eigenvalue weighted by Crippen LogP contribution is -2.45. The molecule has 0 spiro atoms. The van der Waals surface area contributed by atoms with Gasteiger partial charge in [0.1, 0.15) is 0 Å². The highest BCUT2D eigenvalue weighted by Gasteiger charge is 2.27. The fourth-order valence-electron chi connectivity index (χ4n) is 2.31. The first-order chi connectivity index (χ1) is 7.06. The van der Waals surface area contributed by atoms with E-state index in [-0.39, 0.29) is 11.9 Å². The number of carbonyl (C=O) groups excluding carboxylic acids is 1. The second kappa shape index (κ2) is 5.50. The second-order valence-corrected chi connectivity index (χ2v) is 4.78. The fourth-order valence-corrected chi connectivity index (χ4v) is 2.31. The third-order valence-electron chi connectivity index (χ3n) is 3.62. The van der Waals surface area contributed by atoms with Crippen molar-refractivity contribution in [3.63, 3.8) is 0 Å². The molecule has 0 aliphatic carbocycles. The molecule has 88 valence electrons. The summed E-state index contributed by atoms with van der Waals surface area (Å²) in [5.74, 6) is 0.631. The van der Waals surface area contributed by atoms with Gasteiger partial charge in [0.15, 0.2) is 0 Å². The highest BCUT2D eigenvalue weighted by Crippen LogP contribution is 2.23. The van der Waals surface area contributed by atoms with E-state index in [2.05, 4.69) is 18.7 Å². The minimum Gasteiger partial charge on any atom is -0.469 e. The number of rotatable bonds is 3. The molecule has 1 heterocycles. The molecule has 0 saturated carbocycles. The lowest BCUT2D eigenvalue weighted by atomic mass is 9.91. The molecule has 3 unspecified atom stereocenters. The van der Waals surface area contributed by atoms with Crippen molar-refractivity contribution in [3.05, 3.63) is 0 Å². The molecule has 0 bridgehead atoms. The maximum Gasteiger partial charge on any atom is 0.309 e. The standard InChI is InChI=1S/C12H23NO2/c1-9-6-5-7-13(11(9)3)8-10(2)12(14)15-4/h9-11H,5-8H2,1-4H3. The van der Waals surface area contributed by atoms with Gasteiger partial charge < -0.3 is 4.74 Å². The fraction of sp³-hybridized carbons (Fsp3) is 0.917. The van der Waals surface area contributed by atoms with Crippen molar-refractivity contribution in [2.45, 2.75) is 39.7 Å². The van der Waals surface area contributed by atoms with Gasteiger partial charge in [0, 0.05) is 12.6 Å². The molecule has 3 heteroatoms. The number of hydrogen-bond donors (Lipinski definition) is 0. The largest absolute Gasteiger partial charge is 0.469 e. The van der Waals surface area contributed by atoms with Gasteiger partial charge in [-0.25, -0.2) is 0 Å². The van der Waals surface area contributed by atoms with Crippen LogP contribution < -0.4 is 0 Å². The summed E-state index contributed by atoms with van der Waals surface area (Å²) in [6.45, 7) is 8.44. The molecule has 0 aromatic carbocycles. The molecule has 0 amide bonds. The highest BCUT2D eigenvalue weighted by atomic mass is 16.5. The first-order valence-electron chi connectivity index (χ1n) is 5.88. The molecular formula is C12H23NO2. The Morgan fingerprint density at radius 1 is 1.53 bits per heavy atom. The molecule has 1 aliphatic rings. The summed E-state index contributed by atoms with van der Waals surface area (Å²) in [5, 5.41) is 0. The molecule has 15 heavy (non-hydrogen) atoms. The Hall–Kier alpha value is -0.570. The van der Waals surface area contributed by atoms with Crippen LogP contribution >= 0.6 is 0 Å². The van der Waals surface area contributed by atoms with Crippen molar-refractivity contribution >= 4 is 5.97 Å². The number of esters is 1. The van der Waals surface area contributed by atoms with Gasteiger partial charge in [-0.1, -0.05) is 13.8 Å². The second-order valence-electron chi connectivity index (χ2n) is 4.78. The van der Waals surface area contributed by atoms with Gasteiger partial charge >= 0.3 is 5.97 Å². The van der Waals surface area contributed by atoms with Crippen molar-refractivity contribution in [3.8, 4) is 0 Å². The third kappa shape index (κ3) is 3.20. The van der Waals surface area contributed by atoms with E-state index >= 15 is 0 Å². The summed E-state index contributed by atoms with van der Waals surface area (Å²) in [4.78, 5) is 13.7. The summed E-state index contributed by atoms with van der Waals surface area (Å²) in [6.07, 6.45) is 2.56. The van der Waals surface area contributed by atoms with Crippen LogP contribution in [0.25, 0.3) is 0 Å². The van der Waals surface area contributed by atoms with Gasteiger partial charge in [-0.3, -0.25) is 9.69 Å². The van der Waals surface area contributed by atoms with E-state index in [0.717, 1.165) is 19.0 Å². The Balaban J connectivity index is 2.46. The monoisotopic (exact) mass is 213 g/mol.